The quantitative estimate of drug-likeness (QED) is 0.0575. The number of para-hydroxylation sites is 2. The highest BCUT2D eigenvalue weighted by molar-refractivity contribution is 6.12. The average Bonchev–Trinajstić information content (AvgIpc) is 3.99. The standard InChI is InChI=1S/C64H56N10/c65-60(69-63(54-21-11-13-37-66-54)68-41-42-15-3-1-4-16-42)43-25-31-48(32-26-43)73-56-23-9-7-19-50(56)52-39-46(29-35-58(52)73)47-30-36-59-53(40-47)51-20-8-10-24-57(51)74(59)49-33-27-45(28-34-49)62-70-61(44-17-5-2-6-18-44)71-64(72-62)55-22-12-14-38-67-55/h1-40,54-55,60,62-64,66-69,72H,41,65H2,(H,70,71). The lowest BCUT2D eigenvalue weighted by molar-refractivity contribution is 0.333. The molecular formula is C64H56N10. The molecule has 0 saturated carbocycles. The molecule has 10 aromatic rings. The van der Waals surface area contributed by atoms with Crippen molar-refractivity contribution in [2.45, 2.75) is 43.3 Å². The van der Waals surface area contributed by atoms with E-state index in [9.17, 15) is 0 Å². The molecule has 3 aliphatic heterocycles. The van der Waals surface area contributed by atoms with Crippen molar-refractivity contribution in [2.75, 3.05) is 0 Å². The molecular weight excluding hydrogens is 909 g/mol. The number of aromatic nitrogens is 2. The number of aliphatic imine (C=N–C) groups is 1. The molecule has 10 heteroatoms. The smallest absolute Gasteiger partial charge is 0.131 e. The van der Waals surface area contributed by atoms with Crippen LogP contribution in [0.5, 0.6) is 0 Å². The Bertz CT molecular complexity index is 3810. The van der Waals surface area contributed by atoms with E-state index < -0.39 is 6.17 Å². The summed E-state index contributed by atoms with van der Waals surface area (Å²) in [6.45, 7) is 0.714. The van der Waals surface area contributed by atoms with Gasteiger partial charge < -0.3 is 30.8 Å². The van der Waals surface area contributed by atoms with Gasteiger partial charge in [-0.1, -0.05) is 158 Å². The summed E-state index contributed by atoms with van der Waals surface area (Å²) >= 11 is 0. The van der Waals surface area contributed by atoms with E-state index >= 15 is 0 Å². The molecule has 13 rings (SSSR count). The minimum Gasteiger partial charge on any atom is -0.382 e. The minimum absolute atomic E-state index is 0.0329. The van der Waals surface area contributed by atoms with E-state index in [-0.39, 0.29) is 30.6 Å². The van der Waals surface area contributed by atoms with Crippen LogP contribution in [0, 0.1) is 0 Å². The second-order valence-corrected chi connectivity index (χ2v) is 19.2. The van der Waals surface area contributed by atoms with Crippen LogP contribution in [0.25, 0.3) is 66.1 Å². The van der Waals surface area contributed by atoms with Crippen molar-refractivity contribution in [3.05, 3.63) is 265 Å². The number of hydrogen-bond donors (Lipinski definition) is 7. The molecule has 74 heavy (non-hydrogen) atoms. The fraction of sp³-hybridized carbons (Fsp3) is 0.109. The Morgan fingerprint density at radius 2 is 1.09 bits per heavy atom. The van der Waals surface area contributed by atoms with Gasteiger partial charge in [-0.05, 0) is 113 Å². The van der Waals surface area contributed by atoms with Gasteiger partial charge in [0.15, 0.2) is 0 Å². The SMILES string of the molecule is NC(NC(NCc1ccccc1)C1C=CC=CN1)c1ccc(-n2c3ccccc3c3cc(-c4ccc5c(c4)c4ccccc4n5-c4ccc(C5N=C(c6ccccc6)NC(C6C=CC=CN6)N5)cc4)ccc32)cc1. The first kappa shape index (κ1) is 45.1. The van der Waals surface area contributed by atoms with Gasteiger partial charge in [0, 0.05) is 45.0 Å². The fourth-order valence-corrected chi connectivity index (χ4v) is 10.9. The fourth-order valence-electron chi connectivity index (χ4n) is 10.9. The Morgan fingerprint density at radius 3 is 1.70 bits per heavy atom. The van der Waals surface area contributed by atoms with Gasteiger partial charge in [0.1, 0.15) is 18.2 Å². The molecule has 10 nitrogen and oxygen atoms in total. The number of nitrogens with one attached hydrogen (secondary N) is 6. The summed E-state index contributed by atoms with van der Waals surface area (Å²) in [6.07, 6.45) is 15.7. The Hall–Kier alpha value is -8.77. The Kier molecular flexibility index (Phi) is 12.0. The summed E-state index contributed by atoms with van der Waals surface area (Å²) in [7, 11) is 0. The van der Waals surface area contributed by atoms with E-state index in [2.05, 4.69) is 247 Å². The lowest BCUT2D eigenvalue weighted by atomic mass is 10.0. The maximum Gasteiger partial charge on any atom is 0.131 e. The van der Waals surface area contributed by atoms with Gasteiger partial charge in [-0.2, -0.15) is 0 Å². The normalized spacial score (nSPS) is 19.1. The van der Waals surface area contributed by atoms with Crippen LogP contribution in [0.3, 0.4) is 0 Å². The molecule has 5 heterocycles. The van der Waals surface area contributed by atoms with Crippen LogP contribution in [0.15, 0.2) is 248 Å². The summed E-state index contributed by atoms with van der Waals surface area (Å²) in [6, 6.07) is 69.6. The van der Waals surface area contributed by atoms with Crippen molar-refractivity contribution < 1.29 is 0 Å². The number of amidine groups is 1. The van der Waals surface area contributed by atoms with Crippen molar-refractivity contribution in [1.82, 2.24) is 41.0 Å². The number of nitrogens with zero attached hydrogens (tertiary/aromatic N) is 3. The molecule has 0 saturated heterocycles. The largest absolute Gasteiger partial charge is 0.382 e. The monoisotopic (exact) mass is 964 g/mol. The van der Waals surface area contributed by atoms with Crippen LogP contribution >= 0.6 is 0 Å². The number of nitrogens with two attached hydrogens (primary N) is 1. The molecule has 0 amide bonds. The minimum atomic E-state index is -0.397. The first-order valence-electron chi connectivity index (χ1n) is 25.5. The van der Waals surface area contributed by atoms with E-state index in [0.29, 0.717) is 6.54 Å². The van der Waals surface area contributed by atoms with Crippen molar-refractivity contribution >= 4 is 49.4 Å². The van der Waals surface area contributed by atoms with Gasteiger partial charge in [0.25, 0.3) is 0 Å². The van der Waals surface area contributed by atoms with E-state index in [1.165, 1.54) is 38.2 Å². The van der Waals surface area contributed by atoms with E-state index in [4.69, 9.17) is 10.7 Å². The van der Waals surface area contributed by atoms with E-state index in [1.807, 2.05) is 36.7 Å². The van der Waals surface area contributed by atoms with Gasteiger partial charge in [-0.3, -0.25) is 16.0 Å². The number of benzene rings is 8. The molecule has 362 valence electrons. The van der Waals surface area contributed by atoms with Crippen LogP contribution in [0.1, 0.15) is 34.6 Å². The molecule has 2 aromatic heterocycles. The van der Waals surface area contributed by atoms with Gasteiger partial charge in [-0.15, -0.1) is 0 Å². The molecule has 6 unspecified atom stereocenters. The third-order valence-electron chi connectivity index (χ3n) is 14.7. The topological polar surface area (TPSA) is 120 Å². The summed E-state index contributed by atoms with van der Waals surface area (Å²) in [5.74, 6) is 0.872. The predicted octanol–water partition coefficient (Wildman–Crippen LogP) is 11.3. The van der Waals surface area contributed by atoms with Crippen molar-refractivity contribution in [2.24, 2.45) is 10.7 Å². The summed E-state index contributed by atoms with van der Waals surface area (Å²) in [5, 5.41) is 26.6. The zero-order valence-electron chi connectivity index (χ0n) is 40.7. The predicted molar refractivity (Wildman–Crippen MR) is 304 cm³/mol. The number of dihydropyridines is 2. The molecule has 8 N–H and O–H groups in total. The molecule has 6 atom stereocenters. The van der Waals surface area contributed by atoms with Crippen LogP contribution in [0.4, 0.5) is 0 Å². The van der Waals surface area contributed by atoms with Crippen LogP contribution in [-0.4, -0.2) is 39.4 Å². The van der Waals surface area contributed by atoms with Crippen molar-refractivity contribution in [3.8, 4) is 22.5 Å². The zero-order valence-corrected chi connectivity index (χ0v) is 40.7. The maximum atomic E-state index is 6.92. The van der Waals surface area contributed by atoms with E-state index in [1.54, 1.807) is 0 Å². The first-order valence-corrected chi connectivity index (χ1v) is 25.5. The van der Waals surface area contributed by atoms with Crippen LogP contribution in [0.2, 0.25) is 0 Å². The highest BCUT2D eigenvalue weighted by Crippen LogP contribution is 2.39. The van der Waals surface area contributed by atoms with Crippen LogP contribution < -0.4 is 37.6 Å². The van der Waals surface area contributed by atoms with Gasteiger partial charge in [0.2, 0.25) is 0 Å². The molecule has 0 aliphatic carbocycles. The third kappa shape index (κ3) is 8.65. The summed E-state index contributed by atoms with van der Waals surface area (Å²) in [4.78, 5) is 5.19. The van der Waals surface area contributed by atoms with Crippen molar-refractivity contribution in [1.29, 1.82) is 0 Å². The number of hydrogen-bond acceptors (Lipinski definition) is 8. The van der Waals surface area contributed by atoms with Crippen molar-refractivity contribution in [3.63, 3.8) is 0 Å². The lowest BCUT2D eigenvalue weighted by Crippen LogP contribution is -2.59. The highest BCUT2D eigenvalue weighted by atomic mass is 15.3. The summed E-state index contributed by atoms with van der Waals surface area (Å²) < 4.78 is 4.75. The summed E-state index contributed by atoms with van der Waals surface area (Å²) in [5.41, 5.74) is 20.4. The Balaban J connectivity index is 0.790. The van der Waals surface area contributed by atoms with Gasteiger partial charge in [0.05, 0.1) is 46.5 Å². The highest BCUT2D eigenvalue weighted by Gasteiger charge is 2.29. The third-order valence-corrected chi connectivity index (χ3v) is 14.7. The number of fused-ring (bicyclic) bond motifs is 6. The van der Waals surface area contributed by atoms with Gasteiger partial charge in [-0.25, -0.2) is 4.99 Å². The molecule has 8 aromatic carbocycles. The molecule has 0 bridgehead atoms. The van der Waals surface area contributed by atoms with Crippen LogP contribution in [-0.2, 0) is 6.54 Å². The van der Waals surface area contributed by atoms with Gasteiger partial charge >= 0.3 is 0 Å². The Labute approximate surface area is 430 Å². The zero-order chi connectivity index (χ0) is 49.4. The average molecular weight is 965 g/mol. The number of rotatable bonds is 13. The molecule has 0 spiro atoms. The Morgan fingerprint density at radius 1 is 0.527 bits per heavy atom. The molecule has 0 radical (unpaired) electrons. The second kappa shape index (κ2) is 19.7. The maximum absolute atomic E-state index is 6.92. The second-order valence-electron chi connectivity index (χ2n) is 19.2. The molecule has 3 aliphatic rings. The lowest BCUT2D eigenvalue weighted by Gasteiger charge is -2.36. The number of allylic oxidation sites excluding steroid dienone is 4. The van der Waals surface area contributed by atoms with E-state index in [0.717, 1.165) is 56.0 Å². The molecule has 0 fully saturated rings. The first-order chi connectivity index (χ1) is 36.6.